The summed E-state index contributed by atoms with van der Waals surface area (Å²) in [7, 11) is 0. The number of carbonyl (C=O) groups excluding carboxylic acids is 1. The van der Waals surface area contributed by atoms with Gasteiger partial charge < -0.3 is 48.9 Å². The highest BCUT2D eigenvalue weighted by molar-refractivity contribution is 6.20. The molecule has 2 saturated carbocycles. The van der Waals surface area contributed by atoms with Gasteiger partial charge in [-0.1, -0.05) is 0 Å². The number of halogens is 1. The number of rotatable bonds is 28. The molecule has 0 aromatic carbocycles. The van der Waals surface area contributed by atoms with Gasteiger partial charge >= 0.3 is 0 Å². The summed E-state index contributed by atoms with van der Waals surface area (Å²) in [5.74, 6) is 0.733. The Kier molecular flexibility index (Phi) is 22.5. The van der Waals surface area contributed by atoms with E-state index in [1.807, 2.05) is 6.92 Å². The topological polar surface area (TPSA) is 169 Å². The molecule has 15 nitrogen and oxygen atoms in total. The van der Waals surface area contributed by atoms with Crippen LogP contribution in [-0.4, -0.2) is 165 Å². The molecule has 0 aromatic rings. The number of nitrogens with two attached hydrogens (primary N) is 1. The van der Waals surface area contributed by atoms with Gasteiger partial charge in [0.2, 0.25) is 5.91 Å². The lowest BCUT2D eigenvalue weighted by molar-refractivity contribution is -0.121. The van der Waals surface area contributed by atoms with Crippen LogP contribution in [0.1, 0.15) is 65.2 Å². The molecule has 0 radical (unpaired) electrons. The zero-order chi connectivity index (χ0) is 37.5. The second-order valence-electron chi connectivity index (χ2n) is 14.1. The smallest absolute Gasteiger partial charge is 0.222 e. The SMILES string of the molecule is CCNC(=O)C[C@@H]1N=C(C2CCC(Cl)CC2)C2CC(OCCOCCOCCOCCOCCOCCOCCOCCN)CCC2N2C(C)NNC12. The largest absolute Gasteiger partial charge is 0.378 e. The molecule has 1 saturated heterocycles. The molecule has 2 aliphatic carbocycles. The van der Waals surface area contributed by atoms with E-state index in [1.165, 1.54) is 5.71 Å². The van der Waals surface area contributed by atoms with Crippen LogP contribution in [0.5, 0.6) is 0 Å². The summed E-state index contributed by atoms with van der Waals surface area (Å²) in [6, 6.07) is 0.179. The molecule has 0 aromatic heterocycles. The molecule has 5 N–H and O–H groups in total. The highest BCUT2D eigenvalue weighted by Gasteiger charge is 2.50. The molecule has 6 atom stereocenters. The van der Waals surface area contributed by atoms with Gasteiger partial charge in [0.15, 0.2) is 0 Å². The van der Waals surface area contributed by atoms with Crippen LogP contribution in [0.2, 0.25) is 0 Å². The van der Waals surface area contributed by atoms with Crippen molar-refractivity contribution in [1.29, 1.82) is 0 Å². The van der Waals surface area contributed by atoms with Crippen LogP contribution in [0.4, 0.5) is 0 Å². The van der Waals surface area contributed by atoms with Crippen LogP contribution in [-0.2, 0) is 42.7 Å². The number of nitrogens with one attached hydrogen (secondary N) is 3. The monoisotopic (exact) mass is 776 g/mol. The van der Waals surface area contributed by atoms with Crippen LogP contribution in [0.25, 0.3) is 0 Å². The van der Waals surface area contributed by atoms with Gasteiger partial charge in [-0.15, -0.1) is 11.6 Å². The van der Waals surface area contributed by atoms with Gasteiger partial charge in [0, 0.05) is 36.1 Å². The number of hydrogen-bond donors (Lipinski definition) is 4. The zero-order valence-electron chi connectivity index (χ0n) is 32.3. The highest BCUT2D eigenvalue weighted by atomic mass is 35.5. The predicted molar refractivity (Wildman–Crippen MR) is 203 cm³/mol. The molecule has 3 fully saturated rings. The van der Waals surface area contributed by atoms with Gasteiger partial charge in [-0.05, 0) is 64.7 Å². The molecule has 2 aliphatic heterocycles. The normalized spacial score (nSPS) is 29.0. The Labute approximate surface area is 322 Å². The lowest BCUT2D eigenvalue weighted by Crippen LogP contribution is -2.55. The third-order valence-corrected chi connectivity index (χ3v) is 10.8. The summed E-state index contributed by atoms with van der Waals surface area (Å²) in [6.07, 6.45) is 7.72. The molecule has 4 aliphatic rings. The van der Waals surface area contributed by atoms with Crippen molar-refractivity contribution >= 4 is 23.2 Å². The molecule has 1 amide bonds. The molecule has 0 bridgehead atoms. The Bertz CT molecular complexity index is 1010. The molecule has 53 heavy (non-hydrogen) atoms. The van der Waals surface area contributed by atoms with E-state index in [-0.39, 0.29) is 41.7 Å². The fourth-order valence-electron chi connectivity index (χ4n) is 7.84. The van der Waals surface area contributed by atoms with Gasteiger partial charge in [0.05, 0.1) is 130 Å². The van der Waals surface area contributed by atoms with Crippen molar-refractivity contribution in [3.63, 3.8) is 0 Å². The standard InChI is InChI=1S/C37H69ClN6O9/c1-3-40-35(45)27-33-37-43-42-28(2)44(37)34-9-8-31(26-32(34)36(41-33)29-4-6-30(38)7-5-29)53-25-24-52-23-22-51-21-20-50-19-18-49-17-16-48-15-14-47-13-12-46-11-10-39/h28-34,37,42-43H,3-27,39H2,1-2H3,(H,40,45)/t28?,29?,30?,31?,32?,33-,34?,37?/m0/s1. The number of hydrogen-bond acceptors (Lipinski definition) is 14. The Balaban J connectivity index is 1.06. The quantitative estimate of drug-likeness (QED) is 0.0672. The first-order chi connectivity index (χ1) is 26.0. The van der Waals surface area contributed by atoms with Crippen molar-refractivity contribution in [1.82, 2.24) is 21.1 Å². The average Bonchev–Trinajstić information content (AvgIpc) is 3.48. The number of alkyl halides is 1. The van der Waals surface area contributed by atoms with Crippen LogP contribution in [0, 0.1) is 11.8 Å². The summed E-state index contributed by atoms with van der Waals surface area (Å²) >= 11 is 6.54. The maximum absolute atomic E-state index is 12.8. The molecule has 2 heterocycles. The molecular formula is C37H69ClN6O9. The summed E-state index contributed by atoms with van der Waals surface area (Å²) in [5.41, 5.74) is 13.6. The van der Waals surface area contributed by atoms with E-state index in [9.17, 15) is 4.79 Å². The minimum Gasteiger partial charge on any atom is -0.378 e. The van der Waals surface area contributed by atoms with Crippen molar-refractivity contribution in [3.8, 4) is 0 Å². The van der Waals surface area contributed by atoms with Gasteiger partial charge in [0.25, 0.3) is 0 Å². The minimum absolute atomic E-state index is 0.0261. The van der Waals surface area contributed by atoms with E-state index in [1.54, 1.807) is 0 Å². The molecule has 0 spiro atoms. The Morgan fingerprint density at radius 3 is 1.83 bits per heavy atom. The minimum atomic E-state index is -0.157. The number of carbonyl (C=O) groups is 1. The lowest BCUT2D eigenvalue weighted by Gasteiger charge is -2.44. The van der Waals surface area contributed by atoms with Crippen molar-refractivity contribution in [3.05, 3.63) is 0 Å². The van der Waals surface area contributed by atoms with E-state index in [0.717, 1.165) is 44.9 Å². The summed E-state index contributed by atoms with van der Waals surface area (Å²) < 4.78 is 45.1. The number of hydrazine groups is 1. The second kappa shape index (κ2) is 26.7. The predicted octanol–water partition coefficient (Wildman–Crippen LogP) is 1.84. The number of nitrogens with zero attached hydrogens (tertiary/aromatic N) is 2. The molecule has 308 valence electrons. The summed E-state index contributed by atoms with van der Waals surface area (Å²) in [4.78, 5) is 20.9. The van der Waals surface area contributed by atoms with Gasteiger partial charge in [0.1, 0.15) is 0 Å². The molecule has 16 heteroatoms. The van der Waals surface area contributed by atoms with Crippen LogP contribution in [0.15, 0.2) is 4.99 Å². The zero-order valence-corrected chi connectivity index (χ0v) is 33.1. The highest BCUT2D eigenvalue weighted by Crippen LogP contribution is 2.42. The Morgan fingerprint density at radius 2 is 1.30 bits per heavy atom. The fourth-order valence-corrected chi connectivity index (χ4v) is 8.09. The number of fused-ring (bicyclic) bond motifs is 3. The number of amides is 1. The van der Waals surface area contributed by atoms with Crippen molar-refractivity contribution in [2.45, 2.75) is 101 Å². The first-order valence-electron chi connectivity index (χ1n) is 20.1. The third kappa shape index (κ3) is 16.1. The van der Waals surface area contributed by atoms with Gasteiger partial charge in [-0.25, -0.2) is 10.9 Å². The Hall–Kier alpha value is -1.05. The van der Waals surface area contributed by atoms with Crippen molar-refractivity contribution in [2.24, 2.45) is 22.6 Å². The van der Waals surface area contributed by atoms with E-state index in [0.29, 0.717) is 131 Å². The molecular weight excluding hydrogens is 708 g/mol. The maximum Gasteiger partial charge on any atom is 0.222 e. The van der Waals surface area contributed by atoms with Crippen molar-refractivity contribution in [2.75, 3.05) is 112 Å². The van der Waals surface area contributed by atoms with Crippen LogP contribution < -0.4 is 21.9 Å². The van der Waals surface area contributed by atoms with E-state index in [2.05, 4.69) is 28.0 Å². The van der Waals surface area contributed by atoms with Crippen molar-refractivity contribution < 1.29 is 42.7 Å². The Morgan fingerprint density at radius 1 is 0.774 bits per heavy atom. The molecule has 5 unspecified atom stereocenters. The fraction of sp³-hybridized carbons (Fsp3) is 0.946. The number of ether oxygens (including phenoxy) is 8. The van der Waals surface area contributed by atoms with Crippen LogP contribution >= 0.6 is 11.6 Å². The average molecular weight is 777 g/mol. The van der Waals surface area contributed by atoms with E-state index in [4.69, 9.17) is 60.2 Å². The lowest BCUT2D eigenvalue weighted by atomic mass is 9.72. The third-order valence-electron chi connectivity index (χ3n) is 10.3. The van der Waals surface area contributed by atoms with E-state index < -0.39 is 0 Å². The summed E-state index contributed by atoms with van der Waals surface area (Å²) in [5, 5.41) is 3.24. The van der Waals surface area contributed by atoms with E-state index >= 15 is 0 Å². The van der Waals surface area contributed by atoms with Gasteiger partial charge in [-0.2, -0.15) is 0 Å². The first kappa shape index (κ1) is 44.7. The molecule has 4 rings (SSSR count). The second-order valence-corrected chi connectivity index (χ2v) is 14.8. The maximum atomic E-state index is 12.8. The number of aliphatic imine (C=N–C) groups is 1. The van der Waals surface area contributed by atoms with Crippen LogP contribution in [0.3, 0.4) is 0 Å². The van der Waals surface area contributed by atoms with Gasteiger partial charge in [-0.3, -0.25) is 14.7 Å². The first-order valence-corrected chi connectivity index (χ1v) is 20.6. The summed E-state index contributed by atoms with van der Waals surface area (Å²) in [6.45, 7) is 13.2.